The second-order valence-electron chi connectivity index (χ2n) is 7.07. The summed E-state index contributed by atoms with van der Waals surface area (Å²) in [5.41, 5.74) is 4.03. The minimum Gasteiger partial charge on any atom is -0.484 e. The maximum absolute atomic E-state index is 12.2. The molecule has 30 heavy (non-hydrogen) atoms. The summed E-state index contributed by atoms with van der Waals surface area (Å²) in [5, 5.41) is 3.51. The molecule has 0 aliphatic carbocycles. The fraction of sp³-hybridized carbons (Fsp3) is 0.167. The van der Waals surface area contributed by atoms with Gasteiger partial charge in [-0.1, -0.05) is 35.9 Å². The van der Waals surface area contributed by atoms with E-state index in [1.165, 1.54) is 0 Å². The van der Waals surface area contributed by atoms with Gasteiger partial charge < -0.3 is 14.6 Å². The standard InChI is InChI=1S/C24H22ClN3O2/c1-28-22-8-3-2-7-21(22)27-23(28)14-9-17-5-4-6-19(15-17)26-24(29)16-30-20-12-10-18(25)11-13-20/h2-8,10-13,15H,9,14,16H2,1H3,(H,26,29). The molecule has 1 heterocycles. The van der Waals surface area contributed by atoms with Crippen LogP contribution in [0.3, 0.4) is 0 Å². The van der Waals surface area contributed by atoms with E-state index >= 15 is 0 Å². The number of rotatable bonds is 7. The first kappa shape index (κ1) is 20.0. The molecule has 4 rings (SSSR count). The predicted molar refractivity (Wildman–Crippen MR) is 120 cm³/mol. The van der Waals surface area contributed by atoms with Gasteiger partial charge in [-0.25, -0.2) is 4.98 Å². The summed E-state index contributed by atoms with van der Waals surface area (Å²) in [7, 11) is 2.04. The number of aromatic nitrogens is 2. The van der Waals surface area contributed by atoms with E-state index < -0.39 is 0 Å². The van der Waals surface area contributed by atoms with Gasteiger partial charge in [0.1, 0.15) is 11.6 Å². The first-order valence-corrected chi connectivity index (χ1v) is 10.1. The summed E-state index contributed by atoms with van der Waals surface area (Å²) >= 11 is 5.85. The Balaban J connectivity index is 1.34. The number of halogens is 1. The van der Waals surface area contributed by atoms with E-state index in [1.807, 2.05) is 43.4 Å². The molecule has 0 saturated carbocycles. The minimum absolute atomic E-state index is 0.0638. The van der Waals surface area contributed by atoms with E-state index in [1.54, 1.807) is 24.3 Å². The summed E-state index contributed by atoms with van der Waals surface area (Å²) in [6.07, 6.45) is 1.66. The first-order valence-electron chi connectivity index (χ1n) is 9.76. The maximum atomic E-state index is 12.2. The molecule has 0 spiro atoms. The van der Waals surface area contributed by atoms with Crippen LogP contribution in [0, 0.1) is 0 Å². The van der Waals surface area contributed by atoms with Gasteiger partial charge in [0.25, 0.3) is 5.91 Å². The number of para-hydroxylation sites is 2. The zero-order chi connectivity index (χ0) is 20.9. The van der Waals surface area contributed by atoms with Gasteiger partial charge in [-0.05, 0) is 60.5 Å². The molecule has 1 N–H and O–H groups in total. The molecule has 1 aromatic heterocycles. The lowest BCUT2D eigenvalue weighted by atomic mass is 10.1. The third kappa shape index (κ3) is 4.81. The Bertz CT molecular complexity index is 1170. The number of nitrogens with zero attached hydrogens (tertiary/aromatic N) is 2. The summed E-state index contributed by atoms with van der Waals surface area (Å²) in [5.74, 6) is 1.44. The summed E-state index contributed by atoms with van der Waals surface area (Å²) in [6.45, 7) is -0.0638. The lowest BCUT2D eigenvalue weighted by Gasteiger charge is -2.09. The molecule has 6 heteroatoms. The van der Waals surface area contributed by atoms with Crippen molar-refractivity contribution in [3.8, 4) is 5.75 Å². The number of hydrogen-bond donors (Lipinski definition) is 1. The van der Waals surface area contributed by atoms with E-state index in [4.69, 9.17) is 21.3 Å². The first-order chi connectivity index (χ1) is 14.6. The predicted octanol–water partition coefficient (Wildman–Crippen LogP) is 5.03. The van der Waals surface area contributed by atoms with Crippen LogP contribution < -0.4 is 10.1 Å². The number of carbonyl (C=O) groups is 1. The average Bonchev–Trinajstić information content (AvgIpc) is 3.08. The lowest BCUT2D eigenvalue weighted by molar-refractivity contribution is -0.118. The van der Waals surface area contributed by atoms with Crippen LogP contribution in [-0.2, 0) is 24.7 Å². The van der Waals surface area contributed by atoms with Crippen LogP contribution in [0.5, 0.6) is 5.75 Å². The zero-order valence-electron chi connectivity index (χ0n) is 16.6. The summed E-state index contributed by atoms with van der Waals surface area (Å²) in [4.78, 5) is 16.9. The molecule has 0 fully saturated rings. The highest BCUT2D eigenvalue weighted by atomic mass is 35.5. The normalized spacial score (nSPS) is 10.9. The van der Waals surface area contributed by atoms with Gasteiger partial charge in [-0.3, -0.25) is 4.79 Å². The Hall–Kier alpha value is -3.31. The number of nitrogens with one attached hydrogen (secondary N) is 1. The molecular weight excluding hydrogens is 398 g/mol. The highest BCUT2D eigenvalue weighted by Gasteiger charge is 2.08. The number of benzene rings is 3. The fourth-order valence-corrected chi connectivity index (χ4v) is 3.48. The molecule has 4 aromatic rings. The summed E-state index contributed by atoms with van der Waals surface area (Å²) < 4.78 is 7.62. The number of hydrogen-bond acceptors (Lipinski definition) is 3. The van der Waals surface area contributed by atoms with Gasteiger partial charge in [0, 0.05) is 24.2 Å². The SMILES string of the molecule is Cn1c(CCc2cccc(NC(=O)COc3ccc(Cl)cc3)c2)nc2ccccc21. The van der Waals surface area contributed by atoms with E-state index in [9.17, 15) is 4.79 Å². The highest BCUT2D eigenvalue weighted by Crippen LogP contribution is 2.18. The number of anilines is 1. The van der Waals surface area contributed by atoms with Gasteiger partial charge in [0.05, 0.1) is 11.0 Å². The molecule has 0 aliphatic rings. The summed E-state index contributed by atoms with van der Waals surface area (Å²) in [6, 6.07) is 22.9. The number of carbonyl (C=O) groups excluding carboxylic acids is 1. The molecule has 0 atom stereocenters. The maximum Gasteiger partial charge on any atom is 0.262 e. The third-order valence-electron chi connectivity index (χ3n) is 4.91. The van der Waals surface area contributed by atoms with Crippen molar-refractivity contribution >= 4 is 34.2 Å². The number of imidazole rings is 1. The largest absolute Gasteiger partial charge is 0.484 e. The third-order valence-corrected chi connectivity index (χ3v) is 5.16. The molecule has 0 saturated heterocycles. The number of amides is 1. The van der Waals surface area contributed by atoms with Crippen molar-refractivity contribution in [2.24, 2.45) is 7.05 Å². The van der Waals surface area contributed by atoms with E-state index in [0.29, 0.717) is 10.8 Å². The minimum atomic E-state index is -0.211. The van der Waals surface area contributed by atoms with E-state index in [0.717, 1.165) is 41.0 Å². The van der Waals surface area contributed by atoms with Crippen molar-refractivity contribution in [2.75, 3.05) is 11.9 Å². The van der Waals surface area contributed by atoms with Crippen LogP contribution in [-0.4, -0.2) is 22.1 Å². The van der Waals surface area contributed by atoms with Crippen LogP contribution in [0.15, 0.2) is 72.8 Å². The van der Waals surface area contributed by atoms with Crippen molar-refractivity contribution in [3.05, 3.63) is 89.2 Å². The smallest absolute Gasteiger partial charge is 0.262 e. The number of fused-ring (bicyclic) bond motifs is 1. The van der Waals surface area contributed by atoms with Crippen molar-refractivity contribution in [1.29, 1.82) is 0 Å². The Morgan fingerprint density at radius 2 is 1.83 bits per heavy atom. The van der Waals surface area contributed by atoms with E-state index in [2.05, 4.69) is 22.0 Å². The molecule has 1 amide bonds. The second kappa shape index (κ2) is 9.01. The van der Waals surface area contributed by atoms with Crippen molar-refractivity contribution in [3.63, 3.8) is 0 Å². The Kier molecular flexibility index (Phi) is 6.00. The van der Waals surface area contributed by atoms with Crippen LogP contribution in [0.1, 0.15) is 11.4 Å². The fourth-order valence-electron chi connectivity index (χ4n) is 3.36. The molecule has 0 bridgehead atoms. The average molecular weight is 420 g/mol. The number of aryl methyl sites for hydroxylation is 3. The van der Waals surface area contributed by atoms with Crippen LogP contribution in [0.25, 0.3) is 11.0 Å². The zero-order valence-corrected chi connectivity index (χ0v) is 17.4. The molecule has 5 nitrogen and oxygen atoms in total. The Labute approximate surface area is 180 Å². The van der Waals surface area contributed by atoms with Crippen LogP contribution >= 0.6 is 11.6 Å². The van der Waals surface area contributed by atoms with Gasteiger partial charge in [-0.15, -0.1) is 0 Å². The molecular formula is C24H22ClN3O2. The number of ether oxygens (including phenoxy) is 1. The van der Waals surface area contributed by atoms with Gasteiger partial charge >= 0.3 is 0 Å². The molecule has 0 aliphatic heterocycles. The van der Waals surface area contributed by atoms with Crippen LogP contribution in [0.4, 0.5) is 5.69 Å². The van der Waals surface area contributed by atoms with Crippen molar-refractivity contribution < 1.29 is 9.53 Å². The monoisotopic (exact) mass is 419 g/mol. The van der Waals surface area contributed by atoms with Gasteiger partial charge in [0.15, 0.2) is 6.61 Å². The topological polar surface area (TPSA) is 56.2 Å². The second-order valence-corrected chi connectivity index (χ2v) is 7.50. The molecule has 152 valence electrons. The van der Waals surface area contributed by atoms with Crippen LogP contribution in [0.2, 0.25) is 5.02 Å². The van der Waals surface area contributed by atoms with Gasteiger partial charge in [0.2, 0.25) is 0 Å². The van der Waals surface area contributed by atoms with Gasteiger partial charge in [-0.2, -0.15) is 0 Å². The lowest BCUT2D eigenvalue weighted by Crippen LogP contribution is -2.20. The molecule has 3 aromatic carbocycles. The molecule has 0 unspecified atom stereocenters. The molecule has 0 radical (unpaired) electrons. The highest BCUT2D eigenvalue weighted by molar-refractivity contribution is 6.30. The van der Waals surface area contributed by atoms with Crippen molar-refractivity contribution in [2.45, 2.75) is 12.8 Å². The Morgan fingerprint density at radius 3 is 2.63 bits per heavy atom. The van der Waals surface area contributed by atoms with Crippen molar-refractivity contribution in [1.82, 2.24) is 9.55 Å². The van der Waals surface area contributed by atoms with E-state index in [-0.39, 0.29) is 12.5 Å². The Morgan fingerprint density at radius 1 is 1.03 bits per heavy atom. The quantitative estimate of drug-likeness (QED) is 0.457.